The van der Waals surface area contributed by atoms with Gasteiger partial charge >= 0.3 is 0 Å². The average Bonchev–Trinajstić information content (AvgIpc) is 3.31. The van der Waals surface area contributed by atoms with Gasteiger partial charge in [-0.15, -0.1) is 0 Å². The van der Waals surface area contributed by atoms with Crippen molar-refractivity contribution in [2.75, 3.05) is 5.32 Å². The van der Waals surface area contributed by atoms with Crippen molar-refractivity contribution in [3.8, 4) is 0 Å². The van der Waals surface area contributed by atoms with Crippen LogP contribution in [-0.4, -0.2) is 36.0 Å². The lowest BCUT2D eigenvalue weighted by Crippen LogP contribution is -2.17. The second kappa shape index (κ2) is 10.1. The van der Waals surface area contributed by atoms with E-state index in [2.05, 4.69) is 27.2 Å². The first-order chi connectivity index (χ1) is 15.7. The summed E-state index contributed by atoms with van der Waals surface area (Å²) in [7, 11) is 0. The number of fused-ring (bicyclic) bond motifs is 2. The van der Waals surface area contributed by atoms with Gasteiger partial charge in [-0.05, 0) is 37.8 Å². The van der Waals surface area contributed by atoms with E-state index in [1.807, 2.05) is 30.3 Å². The second-order valence-corrected chi connectivity index (χ2v) is 7.70. The Morgan fingerprint density at radius 1 is 1.12 bits per heavy atom. The van der Waals surface area contributed by atoms with Crippen molar-refractivity contribution in [2.24, 2.45) is 0 Å². The number of nitrogens with zero attached hydrogens (tertiary/aromatic N) is 4. The number of para-hydroxylation sites is 1. The fraction of sp³-hybridized carbons (Fsp3) is 0.348. The minimum absolute atomic E-state index is 0.110. The number of benzene rings is 1. The summed E-state index contributed by atoms with van der Waals surface area (Å²) in [5.74, 6) is 1.09. The molecule has 0 aliphatic heterocycles. The van der Waals surface area contributed by atoms with Crippen molar-refractivity contribution in [1.82, 2.24) is 30.4 Å². The lowest BCUT2D eigenvalue weighted by molar-refractivity contribution is -0.129. The highest BCUT2D eigenvalue weighted by molar-refractivity contribution is 5.85. The summed E-state index contributed by atoms with van der Waals surface area (Å²) >= 11 is 0. The highest BCUT2D eigenvalue weighted by Gasteiger charge is 2.18. The third kappa shape index (κ3) is 4.83. The van der Waals surface area contributed by atoms with E-state index >= 15 is 0 Å². The molecule has 0 aliphatic carbocycles. The topological polar surface area (TPSA) is 129 Å². The van der Waals surface area contributed by atoms with Gasteiger partial charge in [0.1, 0.15) is 5.52 Å². The molecular formula is C23H27N7O2. The van der Waals surface area contributed by atoms with Crippen molar-refractivity contribution >= 4 is 33.7 Å². The van der Waals surface area contributed by atoms with Crippen molar-refractivity contribution in [3.63, 3.8) is 0 Å². The van der Waals surface area contributed by atoms with Gasteiger partial charge < -0.3 is 10.3 Å². The molecule has 4 aromatic rings. The number of carbonyl (C=O) groups excluding carboxylic acids is 1. The van der Waals surface area contributed by atoms with Gasteiger partial charge in [-0.3, -0.25) is 10.0 Å². The summed E-state index contributed by atoms with van der Waals surface area (Å²) < 4.78 is 0. The van der Waals surface area contributed by atoms with Gasteiger partial charge in [0, 0.05) is 18.0 Å². The van der Waals surface area contributed by atoms with Crippen LogP contribution in [0, 0.1) is 0 Å². The van der Waals surface area contributed by atoms with E-state index in [0.29, 0.717) is 12.2 Å². The van der Waals surface area contributed by atoms with Crippen molar-refractivity contribution in [2.45, 2.75) is 51.5 Å². The molecule has 32 heavy (non-hydrogen) atoms. The van der Waals surface area contributed by atoms with Crippen molar-refractivity contribution < 1.29 is 10.0 Å². The summed E-state index contributed by atoms with van der Waals surface area (Å²) in [5.41, 5.74) is 5.31. The summed E-state index contributed by atoms with van der Waals surface area (Å²) in [5, 5.41) is 13.1. The Balaban J connectivity index is 1.56. The van der Waals surface area contributed by atoms with Gasteiger partial charge in [0.2, 0.25) is 5.91 Å². The monoisotopic (exact) mass is 433 g/mol. The Morgan fingerprint density at radius 2 is 2.00 bits per heavy atom. The van der Waals surface area contributed by atoms with Crippen LogP contribution in [0.5, 0.6) is 0 Å². The zero-order chi connectivity index (χ0) is 22.3. The third-order valence-corrected chi connectivity index (χ3v) is 5.51. The van der Waals surface area contributed by atoms with Crippen LogP contribution < -0.4 is 10.8 Å². The SMILES string of the molecule is CC[C@H](Nc1nccc2[nH]cnc12)c1nc(CCCCCC(=O)NO)c2ccccc2n1. The lowest BCUT2D eigenvalue weighted by Gasteiger charge is -2.18. The molecule has 1 atom stereocenters. The van der Waals surface area contributed by atoms with Crippen LogP contribution in [0.15, 0.2) is 42.9 Å². The number of unbranched alkanes of at least 4 members (excludes halogenated alkanes) is 2. The summed E-state index contributed by atoms with van der Waals surface area (Å²) in [4.78, 5) is 32.9. The third-order valence-electron chi connectivity index (χ3n) is 5.51. The highest BCUT2D eigenvalue weighted by atomic mass is 16.5. The molecule has 0 unspecified atom stereocenters. The van der Waals surface area contributed by atoms with Crippen LogP contribution >= 0.6 is 0 Å². The molecule has 3 heterocycles. The van der Waals surface area contributed by atoms with Gasteiger partial charge in [0.05, 0.1) is 29.1 Å². The molecule has 3 aromatic heterocycles. The van der Waals surface area contributed by atoms with E-state index < -0.39 is 0 Å². The number of aryl methyl sites for hydroxylation is 1. The number of amides is 1. The van der Waals surface area contributed by atoms with Crippen LogP contribution in [0.3, 0.4) is 0 Å². The summed E-state index contributed by atoms with van der Waals surface area (Å²) in [6, 6.07) is 9.82. The van der Waals surface area contributed by atoms with Gasteiger partial charge in [0.25, 0.3) is 0 Å². The van der Waals surface area contributed by atoms with Crippen LogP contribution in [0.1, 0.15) is 56.6 Å². The molecule has 0 saturated carbocycles. The number of hydroxylamine groups is 1. The Bertz CT molecular complexity index is 1210. The molecule has 0 saturated heterocycles. The number of rotatable bonds is 10. The minimum Gasteiger partial charge on any atom is -0.358 e. The van der Waals surface area contributed by atoms with Gasteiger partial charge in [-0.2, -0.15) is 0 Å². The van der Waals surface area contributed by atoms with E-state index in [-0.39, 0.29) is 11.9 Å². The molecule has 0 aliphatic rings. The summed E-state index contributed by atoms with van der Waals surface area (Å²) in [6.07, 6.45) is 7.81. The molecule has 9 heteroatoms. The average molecular weight is 434 g/mol. The van der Waals surface area contributed by atoms with E-state index in [1.54, 1.807) is 18.0 Å². The number of H-pyrrole nitrogens is 1. The zero-order valence-corrected chi connectivity index (χ0v) is 18.0. The zero-order valence-electron chi connectivity index (χ0n) is 18.0. The van der Waals surface area contributed by atoms with Crippen molar-refractivity contribution in [1.29, 1.82) is 0 Å². The van der Waals surface area contributed by atoms with Gasteiger partial charge in [0.15, 0.2) is 11.6 Å². The molecule has 1 aromatic carbocycles. The smallest absolute Gasteiger partial charge is 0.243 e. The predicted molar refractivity (Wildman–Crippen MR) is 122 cm³/mol. The molecule has 0 radical (unpaired) electrons. The molecule has 0 bridgehead atoms. The first kappa shape index (κ1) is 21.6. The number of hydrogen-bond donors (Lipinski definition) is 4. The quantitative estimate of drug-likeness (QED) is 0.168. The van der Waals surface area contributed by atoms with Crippen LogP contribution in [-0.2, 0) is 11.2 Å². The molecular weight excluding hydrogens is 406 g/mol. The predicted octanol–water partition coefficient (Wildman–Crippen LogP) is 4.07. The highest BCUT2D eigenvalue weighted by Crippen LogP contribution is 2.26. The molecule has 166 valence electrons. The Hall–Kier alpha value is -3.59. The largest absolute Gasteiger partial charge is 0.358 e. The van der Waals surface area contributed by atoms with E-state index in [1.165, 1.54) is 0 Å². The number of nitrogens with one attached hydrogen (secondary N) is 3. The standard InChI is InChI=1S/C23H27N7O2/c1-2-16(27-23-21-19(12-13-24-23)25-14-26-21)22-28-17(9-4-3-5-11-20(31)30-32)15-8-6-7-10-18(15)29-22/h6-8,10,12-14,16,32H,2-5,9,11H2,1H3,(H,24,27)(H,25,26)(H,30,31)/t16-/m0/s1. The normalized spacial score (nSPS) is 12.2. The number of pyridine rings is 1. The van der Waals surface area contributed by atoms with Crippen LogP contribution in [0.2, 0.25) is 0 Å². The fourth-order valence-electron chi connectivity index (χ4n) is 3.81. The van der Waals surface area contributed by atoms with Crippen LogP contribution in [0.4, 0.5) is 5.82 Å². The molecule has 0 spiro atoms. The van der Waals surface area contributed by atoms with Gasteiger partial charge in [-0.1, -0.05) is 31.5 Å². The first-order valence-corrected chi connectivity index (χ1v) is 10.9. The summed E-state index contributed by atoms with van der Waals surface area (Å²) in [6.45, 7) is 2.09. The maximum Gasteiger partial charge on any atom is 0.243 e. The maximum atomic E-state index is 11.2. The number of aromatic nitrogens is 5. The van der Waals surface area contributed by atoms with E-state index in [0.717, 1.165) is 65.6 Å². The molecule has 1 amide bonds. The first-order valence-electron chi connectivity index (χ1n) is 10.9. The maximum absolute atomic E-state index is 11.2. The Morgan fingerprint density at radius 3 is 2.84 bits per heavy atom. The molecule has 4 N–H and O–H groups in total. The number of hydrogen-bond acceptors (Lipinski definition) is 7. The molecule has 4 rings (SSSR count). The lowest BCUT2D eigenvalue weighted by atomic mass is 10.1. The minimum atomic E-state index is -0.350. The van der Waals surface area contributed by atoms with E-state index in [4.69, 9.17) is 15.2 Å². The van der Waals surface area contributed by atoms with E-state index in [9.17, 15) is 4.79 Å². The Labute approximate surface area is 185 Å². The number of imidazole rings is 1. The Kier molecular flexibility index (Phi) is 6.86. The van der Waals surface area contributed by atoms with Crippen molar-refractivity contribution in [3.05, 3.63) is 54.4 Å². The number of anilines is 1. The van der Waals surface area contributed by atoms with Crippen LogP contribution in [0.25, 0.3) is 21.9 Å². The fourth-order valence-corrected chi connectivity index (χ4v) is 3.81. The van der Waals surface area contributed by atoms with Gasteiger partial charge in [-0.25, -0.2) is 25.4 Å². The molecule has 9 nitrogen and oxygen atoms in total. The number of carbonyl (C=O) groups is 1. The number of aromatic amines is 1. The molecule has 0 fully saturated rings. The second-order valence-electron chi connectivity index (χ2n) is 7.70.